The highest BCUT2D eigenvalue weighted by molar-refractivity contribution is 5.82. The number of hydrogen-bond donors (Lipinski definition) is 1. The molecule has 6 nitrogen and oxygen atoms in total. The molecule has 106 valence electrons. The molecule has 0 fully saturated rings. The molecule has 0 aliphatic rings. The maximum absolute atomic E-state index is 12.2. The molecular formula is C14H18N4O2. The average Bonchev–Trinajstić information content (AvgIpc) is 2.99. The monoisotopic (exact) mass is 274 g/mol. The van der Waals surface area contributed by atoms with Crippen LogP contribution in [0.3, 0.4) is 0 Å². The summed E-state index contributed by atoms with van der Waals surface area (Å²) >= 11 is 0. The quantitative estimate of drug-likeness (QED) is 0.797. The normalized spacial score (nSPS) is 13.7. The van der Waals surface area contributed by atoms with Gasteiger partial charge in [-0.25, -0.2) is 9.78 Å². The van der Waals surface area contributed by atoms with Crippen LogP contribution in [0.25, 0.3) is 0 Å². The van der Waals surface area contributed by atoms with Crippen molar-refractivity contribution in [3.63, 3.8) is 0 Å². The predicted octanol–water partition coefficient (Wildman–Crippen LogP) is 1.09. The Balaban J connectivity index is 2.22. The Morgan fingerprint density at radius 3 is 2.75 bits per heavy atom. The van der Waals surface area contributed by atoms with Crippen molar-refractivity contribution in [2.75, 3.05) is 6.61 Å². The van der Waals surface area contributed by atoms with Gasteiger partial charge in [0.1, 0.15) is 18.2 Å². The van der Waals surface area contributed by atoms with Crippen LogP contribution in [0.4, 0.5) is 0 Å². The van der Waals surface area contributed by atoms with Gasteiger partial charge in [0.2, 0.25) is 0 Å². The van der Waals surface area contributed by atoms with Crippen LogP contribution in [-0.2, 0) is 21.6 Å². The predicted molar refractivity (Wildman–Crippen MR) is 73.6 cm³/mol. The molecule has 0 amide bonds. The lowest BCUT2D eigenvalue weighted by Crippen LogP contribution is -2.47. The first-order valence-corrected chi connectivity index (χ1v) is 6.51. The topological polar surface area (TPSA) is 83.0 Å². The summed E-state index contributed by atoms with van der Waals surface area (Å²) in [4.78, 5) is 16.1. The summed E-state index contributed by atoms with van der Waals surface area (Å²) in [5, 5.41) is 4.02. The zero-order chi connectivity index (χ0) is 14.4. The Morgan fingerprint density at radius 2 is 2.15 bits per heavy atom. The van der Waals surface area contributed by atoms with Gasteiger partial charge >= 0.3 is 5.97 Å². The maximum Gasteiger partial charge on any atom is 0.330 e. The number of aromatic nitrogens is 3. The van der Waals surface area contributed by atoms with E-state index in [0.717, 1.165) is 5.56 Å². The van der Waals surface area contributed by atoms with Gasteiger partial charge in [-0.2, -0.15) is 5.10 Å². The molecule has 2 rings (SSSR count). The van der Waals surface area contributed by atoms with Crippen molar-refractivity contribution in [3.05, 3.63) is 48.5 Å². The standard InChI is InChI=1S/C14H18N4O2/c1-2-20-13(19)14(15,12-6-4-3-5-7-12)8-9-18-11-16-10-17-18/h3-7,10-11H,2,8-9,15H2,1H3. The highest BCUT2D eigenvalue weighted by Crippen LogP contribution is 2.24. The Kier molecular flexibility index (Phi) is 4.47. The maximum atomic E-state index is 12.2. The molecule has 0 radical (unpaired) electrons. The number of nitrogens with two attached hydrogens (primary N) is 1. The highest BCUT2D eigenvalue weighted by atomic mass is 16.5. The fourth-order valence-electron chi connectivity index (χ4n) is 2.00. The lowest BCUT2D eigenvalue weighted by atomic mass is 9.87. The Bertz CT molecular complexity index is 542. The van der Waals surface area contributed by atoms with Gasteiger partial charge in [-0.1, -0.05) is 30.3 Å². The van der Waals surface area contributed by atoms with Gasteiger partial charge in [0, 0.05) is 6.54 Å². The fourth-order valence-corrected chi connectivity index (χ4v) is 2.00. The lowest BCUT2D eigenvalue weighted by Gasteiger charge is -2.27. The fraction of sp³-hybridized carbons (Fsp3) is 0.357. The molecule has 1 aromatic heterocycles. The minimum absolute atomic E-state index is 0.300. The van der Waals surface area contributed by atoms with E-state index in [4.69, 9.17) is 10.5 Å². The molecule has 0 saturated heterocycles. The van der Waals surface area contributed by atoms with E-state index >= 15 is 0 Å². The molecule has 1 atom stereocenters. The minimum atomic E-state index is -1.18. The van der Waals surface area contributed by atoms with Gasteiger partial charge in [0.15, 0.2) is 0 Å². The summed E-state index contributed by atoms with van der Waals surface area (Å²) in [6.07, 6.45) is 3.43. The number of carbonyl (C=O) groups excluding carboxylic acids is 1. The van der Waals surface area contributed by atoms with Crippen LogP contribution in [0.2, 0.25) is 0 Å². The summed E-state index contributed by atoms with van der Waals surface area (Å²) < 4.78 is 6.76. The van der Waals surface area contributed by atoms with Crippen molar-refractivity contribution >= 4 is 5.97 Å². The second kappa shape index (κ2) is 6.29. The van der Waals surface area contributed by atoms with Crippen LogP contribution < -0.4 is 5.73 Å². The van der Waals surface area contributed by atoms with E-state index in [0.29, 0.717) is 19.6 Å². The number of esters is 1. The molecule has 1 heterocycles. The smallest absolute Gasteiger partial charge is 0.330 e. The first-order chi connectivity index (χ1) is 9.66. The molecular weight excluding hydrogens is 256 g/mol. The van der Waals surface area contributed by atoms with Crippen molar-refractivity contribution < 1.29 is 9.53 Å². The first kappa shape index (κ1) is 14.2. The van der Waals surface area contributed by atoms with E-state index in [9.17, 15) is 4.79 Å². The van der Waals surface area contributed by atoms with Gasteiger partial charge in [0.25, 0.3) is 0 Å². The van der Waals surface area contributed by atoms with E-state index in [2.05, 4.69) is 10.1 Å². The van der Waals surface area contributed by atoms with Crippen molar-refractivity contribution in [1.29, 1.82) is 0 Å². The van der Waals surface area contributed by atoms with E-state index < -0.39 is 11.5 Å². The minimum Gasteiger partial charge on any atom is -0.464 e. The third-order valence-electron chi connectivity index (χ3n) is 3.13. The van der Waals surface area contributed by atoms with Gasteiger partial charge in [-0.3, -0.25) is 4.68 Å². The molecule has 2 aromatic rings. The van der Waals surface area contributed by atoms with Crippen molar-refractivity contribution in [3.8, 4) is 0 Å². The zero-order valence-electron chi connectivity index (χ0n) is 11.4. The number of nitrogens with zero attached hydrogens (tertiary/aromatic N) is 3. The van der Waals surface area contributed by atoms with Crippen LogP contribution in [0.5, 0.6) is 0 Å². The van der Waals surface area contributed by atoms with Crippen molar-refractivity contribution in [2.24, 2.45) is 5.73 Å². The van der Waals surface area contributed by atoms with Gasteiger partial charge in [-0.05, 0) is 18.9 Å². The van der Waals surface area contributed by atoms with Crippen LogP contribution >= 0.6 is 0 Å². The molecule has 6 heteroatoms. The number of benzene rings is 1. The van der Waals surface area contributed by atoms with E-state index in [-0.39, 0.29) is 0 Å². The molecule has 0 aliphatic carbocycles. The van der Waals surface area contributed by atoms with Crippen molar-refractivity contribution in [2.45, 2.75) is 25.4 Å². The summed E-state index contributed by atoms with van der Waals surface area (Å²) in [7, 11) is 0. The molecule has 20 heavy (non-hydrogen) atoms. The van der Waals surface area contributed by atoms with E-state index in [1.807, 2.05) is 30.3 Å². The second-order valence-electron chi connectivity index (χ2n) is 4.47. The summed E-state index contributed by atoms with van der Waals surface area (Å²) in [5.41, 5.74) is 5.89. The number of carbonyl (C=O) groups is 1. The SMILES string of the molecule is CCOC(=O)C(N)(CCn1cncn1)c1ccccc1. The highest BCUT2D eigenvalue weighted by Gasteiger charge is 2.37. The largest absolute Gasteiger partial charge is 0.464 e. The molecule has 0 aliphatic heterocycles. The molecule has 1 unspecified atom stereocenters. The Hall–Kier alpha value is -2.21. The zero-order valence-corrected chi connectivity index (χ0v) is 11.4. The lowest BCUT2D eigenvalue weighted by molar-refractivity contribution is -0.150. The van der Waals surface area contributed by atoms with E-state index in [1.54, 1.807) is 17.9 Å². The van der Waals surface area contributed by atoms with Gasteiger partial charge < -0.3 is 10.5 Å². The third kappa shape index (κ3) is 3.03. The van der Waals surface area contributed by atoms with Gasteiger partial charge in [-0.15, -0.1) is 0 Å². The summed E-state index contributed by atoms with van der Waals surface area (Å²) in [6, 6.07) is 9.25. The van der Waals surface area contributed by atoms with Crippen LogP contribution in [0, 0.1) is 0 Å². The Labute approximate surface area is 117 Å². The third-order valence-corrected chi connectivity index (χ3v) is 3.13. The second-order valence-corrected chi connectivity index (χ2v) is 4.47. The molecule has 2 N–H and O–H groups in total. The van der Waals surface area contributed by atoms with Crippen LogP contribution in [0.15, 0.2) is 43.0 Å². The van der Waals surface area contributed by atoms with E-state index in [1.165, 1.54) is 6.33 Å². The Morgan fingerprint density at radius 1 is 1.40 bits per heavy atom. The van der Waals surface area contributed by atoms with Crippen LogP contribution in [0.1, 0.15) is 18.9 Å². The average molecular weight is 274 g/mol. The molecule has 1 aromatic carbocycles. The molecule has 0 bridgehead atoms. The number of rotatable bonds is 6. The number of aryl methyl sites for hydroxylation is 1. The molecule has 0 saturated carbocycles. The first-order valence-electron chi connectivity index (χ1n) is 6.51. The molecule has 0 spiro atoms. The number of ether oxygens (including phenoxy) is 1. The van der Waals surface area contributed by atoms with Crippen molar-refractivity contribution in [1.82, 2.24) is 14.8 Å². The van der Waals surface area contributed by atoms with Gasteiger partial charge in [0.05, 0.1) is 6.61 Å². The summed E-state index contributed by atoms with van der Waals surface area (Å²) in [5.74, 6) is -0.425. The van der Waals surface area contributed by atoms with Crippen LogP contribution in [-0.4, -0.2) is 27.3 Å². The number of hydrogen-bond acceptors (Lipinski definition) is 5. The summed E-state index contributed by atoms with van der Waals surface area (Å²) in [6.45, 7) is 2.55.